The van der Waals surface area contributed by atoms with Gasteiger partial charge in [0.05, 0.1) is 13.0 Å². The summed E-state index contributed by atoms with van der Waals surface area (Å²) in [5.74, 6) is -2.88. The smallest absolute Gasteiger partial charge is 0.316 e. The molecule has 0 aromatic carbocycles. The van der Waals surface area contributed by atoms with Crippen LogP contribution in [0.5, 0.6) is 0 Å². The average molecular weight is 446 g/mol. The van der Waals surface area contributed by atoms with Crippen molar-refractivity contribution in [1.29, 1.82) is 0 Å². The van der Waals surface area contributed by atoms with Crippen LogP contribution < -0.4 is 0 Å². The molecule has 0 radical (unpaired) electrons. The van der Waals surface area contributed by atoms with Gasteiger partial charge in [0, 0.05) is 25.7 Å². The third kappa shape index (κ3) is 2.28. The van der Waals surface area contributed by atoms with Crippen LogP contribution in [0, 0.1) is 28.6 Å². The molecule has 5 fully saturated rings. The number of hydrogen-bond donors (Lipinski definition) is 0. The van der Waals surface area contributed by atoms with Gasteiger partial charge in [0.15, 0.2) is 0 Å². The van der Waals surface area contributed by atoms with E-state index >= 15 is 0 Å². The molecule has 1 saturated heterocycles. The number of carbonyl (C=O) groups excluding carboxylic acids is 4. The van der Waals surface area contributed by atoms with E-state index < -0.39 is 57.9 Å². The zero-order chi connectivity index (χ0) is 23.3. The monoisotopic (exact) mass is 446 g/mol. The summed E-state index contributed by atoms with van der Waals surface area (Å²) in [6, 6.07) is 0. The van der Waals surface area contributed by atoms with Crippen molar-refractivity contribution in [3.05, 3.63) is 12.2 Å². The minimum absolute atomic E-state index is 0.0870. The molecule has 5 aliphatic rings. The lowest BCUT2D eigenvalue weighted by Crippen LogP contribution is -2.54. The Balaban J connectivity index is 1.68. The SMILES string of the molecule is C=C1C[C@]23C[C@@]1(OC(C)=O)CC[C@H]2[C@@]12CC[C@H](OC(C)=O)[C@@](C)(C(=O)O1)[C@H]2[C@@H]3C(=O)OC. The molecule has 0 N–H and O–H groups in total. The second-order valence-corrected chi connectivity index (χ2v) is 10.6. The molecule has 1 heterocycles. The highest BCUT2D eigenvalue weighted by Crippen LogP contribution is 2.79. The van der Waals surface area contributed by atoms with Gasteiger partial charge in [-0.05, 0) is 56.4 Å². The number of rotatable bonds is 3. The van der Waals surface area contributed by atoms with Crippen molar-refractivity contribution in [2.24, 2.45) is 28.6 Å². The molecule has 4 bridgehead atoms. The Labute approximate surface area is 187 Å². The fourth-order valence-electron chi connectivity index (χ4n) is 8.53. The highest BCUT2D eigenvalue weighted by atomic mass is 16.6. The van der Waals surface area contributed by atoms with Gasteiger partial charge in [0.2, 0.25) is 0 Å². The molecule has 174 valence electrons. The number of fused-ring (bicyclic) bond motifs is 1. The minimum Gasteiger partial charge on any atom is -0.469 e. The van der Waals surface area contributed by atoms with Gasteiger partial charge in [-0.15, -0.1) is 0 Å². The van der Waals surface area contributed by atoms with Gasteiger partial charge in [-0.25, -0.2) is 0 Å². The topological polar surface area (TPSA) is 105 Å². The fraction of sp³-hybridized carbons (Fsp3) is 0.750. The number of hydrogen-bond acceptors (Lipinski definition) is 8. The summed E-state index contributed by atoms with van der Waals surface area (Å²) >= 11 is 0. The standard InChI is InChI=1S/C24H30O8/c1-12-10-22-11-23(12,31-14(3)26)8-6-15(22)24-9-7-16(30-13(2)25)21(4,20(28)32-24)18(24)17(22)19(27)29-5/h15-18H,1,6-11H2,2-5H3/t15-,16+,17-,18-,21-,22+,23+,24-/m1/s1. The van der Waals surface area contributed by atoms with Crippen molar-refractivity contribution >= 4 is 23.9 Å². The molecule has 4 saturated carbocycles. The first kappa shape index (κ1) is 21.5. The molecular weight excluding hydrogens is 416 g/mol. The molecule has 8 nitrogen and oxygen atoms in total. The maximum atomic E-state index is 13.4. The predicted octanol–water partition coefficient (Wildman–Crippen LogP) is 2.48. The van der Waals surface area contributed by atoms with Gasteiger partial charge in [-0.1, -0.05) is 6.58 Å². The zero-order valence-corrected chi connectivity index (χ0v) is 19.0. The second kappa shape index (κ2) is 6.35. The van der Waals surface area contributed by atoms with Crippen LogP contribution in [0.4, 0.5) is 0 Å². The summed E-state index contributed by atoms with van der Waals surface area (Å²) < 4.78 is 23.0. The van der Waals surface area contributed by atoms with E-state index in [1.807, 2.05) is 0 Å². The lowest BCUT2D eigenvalue weighted by molar-refractivity contribution is -0.171. The van der Waals surface area contributed by atoms with Gasteiger partial charge in [0.1, 0.15) is 22.7 Å². The quantitative estimate of drug-likeness (QED) is 0.370. The fourth-order valence-corrected chi connectivity index (χ4v) is 8.53. The van der Waals surface area contributed by atoms with Crippen molar-refractivity contribution in [3.63, 3.8) is 0 Å². The largest absolute Gasteiger partial charge is 0.469 e. The summed E-state index contributed by atoms with van der Waals surface area (Å²) in [5, 5.41) is 0. The maximum Gasteiger partial charge on any atom is 0.316 e. The summed E-state index contributed by atoms with van der Waals surface area (Å²) in [4.78, 5) is 50.5. The predicted molar refractivity (Wildman–Crippen MR) is 109 cm³/mol. The van der Waals surface area contributed by atoms with Crippen LogP contribution in [0.15, 0.2) is 12.2 Å². The van der Waals surface area contributed by atoms with E-state index in [0.717, 1.165) is 5.57 Å². The summed E-state index contributed by atoms with van der Waals surface area (Å²) in [5.41, 5.74) is -2.56. The molecule has 0 aromatic heterocycles. The lowest BCUT2D eigenvalue weighted by atomic mass is 9.59. The van der Waals surface area contributed by atoms with Crippen molar-refractivity contribution in [2.45, 2.75) is 76.6 Å². The summed E-state index contributed by atoms with van der Waals surface area (Å²) in [6.07, 6.45) is 2.56. The van der Waals surface area contributed by atoms with Gasteiger partial charge >= 0.3 is 23.9 Å². The Hall–Kier alpha value is -2.38. The van der Waals surface area contributed by atoms with Gasteiger partial charge < -0.3 is 18.9 Å². The van der Waals surface area contributed by atoms with Crippen LogP contribution in [0.3, 0.4) is 0 Å². The van der Waals surface area contributed by atoms with Gasteiger partial charge in [-0.2, -0.15) is 0 Å². The normalized spacial score (nSPS) is 47.9. The second-order valence-electron chi connectivity index (χ2n) is 10.6. The summed E-state index contributed by atoms with van der Waals surface area (Å²) in [7, 11) is 1.35. The Morgan fingerprint density at radius 2 is 1.84 bits per heavy atom. The van der Waals surface area contributed by atoms with E-state index in [1.165, 1.54) is 21.0 Å². The highest BCUT2D eigenvalue weighted by molar-refractivity contribution is 5.86. The Morgan fingerprint density at radius 1 is 1.12 bits per heavy atom. The Morgan fingerprint density at radius 3 is 2.47 bits per heavy atom. The van der Waals surface area contributed by atoms with E-state index in [1.54, 1.807) is 6.92 Å². The third-order valence-corrected chi connectivity index (χ3v) is 9.34. The van der Waals surface area contributed by atoms with Crippen LogP contribution in [0.25, 0.3) is 0 Å². The number of methoxy groups -OCH3 is 1. The van der Waals surface area contributed by atoms with Crippen LogP contribution in [-0.4, -0.2) is 48.3 Å². The van der Waals surface area contributed by atoms with E-state index in [-0.39, 0.29) is 11.9 Å². The molecule has 8 atom stereocenters. The minimum atomic E-state index is -1.15. The lowest BCUT2D eigenvalue weighted by Gasteiger charge is -2.46. The van der Waals surface area contributed by atoms with E-state index in [4.69, 9.17) is 18.9 Å². The molecule has 4 aliphatic carbocycles. The Kier molecular flexibility index (Phi) is 4.26. The molecule has 1 aliphatic heterocycles. The third-order valence-electron chi connectivity index (χ3n) is 9.34. The number of carbonyl (C=O) groups is 4. The number of ether oxygens (including phenoxy) is 4. The molecule has 5 rings (SSSR count). The molecular formula is C24H30O8. The molecule has 0 aromatic rings. The first-order valence-electron chi connectivity index (χ1n) is 11.3. The first-order chi connectivity index (χ1) is 15.0. The van der Waals surface area contributed by atoms with Crippen molar-refractivity contribution in [3.8, 4) is 0 Å². The molecule has 0 unspecified atom stereocenters. The van der Waals surface area contributed by atoms with Crippen LogP contribution >= 0.6 is 0 Å². The highest BCUT2D eigenvalue weighted by Gasteiger charge is 2.85. The molecule has 32 heavy (non-hydrogen) atoms. The van der Waals surface area contributed by atoms with Crippen LogP contribution in [0.2, 0.25) is 0 Å². The molecule has 0 amide bonds. The van der Waals surface area contributed by atoms with E-state index in [2.05, 4.69) is 6.58 Å². The van der Waals surface area contributed by atoms with Gasteiger partial charge in [0.25, 0.3) is 0 Å². The average Bonchev–Trinajstić information content (AvgIpc) is 3.13. The number of esters is 4. The first-order valence-corrected chi connectivity index (χ1v) is 11.3. The zero-order valence-electron chi connectivity index (χ0n) is 19.0. The van der Waals surface area contributed by atoms with Crippen molar-refractivity contribution in [2.75, 3.05) is 7.11 Å². The van der Waals surface area contributed by atoms with Crippen molar-refractivity contribution in [1.82, 2.24) is 0 Å². The van der Waals surface area contributed by atoms with Gasteiger partial charge in [-0.3, -0.25) is 19.2 Å². The Bertz CT molecular complexity index is 956. The maximum absolute atomic E-state index is 13.4. The van der Waals surface area contributed by atoms with Crippen LogP contribution in [0.1, 0.15) is 59.3 Å². The van der Waals surface area contributed by atoms with Crippen molar-refractivity contribution < 1.29 is 38.1 Å². The molecule has 1 spiro atoms. The van der Waals surface area contributed by atoms with Crippen LogP contribution in [-0.2, 0) is 38.1 Å². The molecule has 8 heteroatoms. The summed E-state index contributed by atoms with van der Waals surface area (Å²) in [6.45, 7) is 8.73. The van der Waals surface area contributed by atoms with E-state index in [9.17, 15) is 19.2 Å². The van der Waals surface area contributed by atoms with E-state index in [0.29, 0.717) is 38.5 Å².